The molecule has 1 aliphatic carbocycles. The van der Waals surface area contributed by atoms with Gasteiger partial charge in [0.25, 0.3) is 0 Å². The SMILES string of the molecule is CC(=O)c1ccc(N(C(=O)Cc2cccs2)[C@@H](C(=O)NC2CCCC2)c2cccs2)cc1. The van der Waals surface area contributed by atoms with E-state index < -0.39 is 6.04 Å². The standard InChI is InChI=1S/C25H26N2O3S2/c1-17(28)18-10-12-20(13-11-18)27(23(29)16-21-8-4-14-31-21)24(22-9-5-15-32-22)25(30)26-19-6-2-3-7-19/h4-5,8-15,19,24H,2-3,6-7,16H2,1H3,(H,26,30)/t24-/m1/s1. The van der Waals surface area contributed by atoms with E-state index in [-0.39, 0.29) is 30.1 Å². The Kier molecular flexibility index (Phi) is 7.17. The molecule has 1 aromatic carbocycles. The lowest BCUT2D eigenvalue weighted by atomic mass is 10.1. The molecule has 1 N–H and O–H groups in total. The normalized spacial score (nSPS) is 14.8. The summed E-state index contributed by atoms with van der Waals surface area (Å²) in [4.78, 5) is 42.3. The number of nitrogens with zero attached hydrogens (tertiary/aromatic N) is 1. The van der Waals surface area contributed by atoms with Gasteiger partial charge in [0.15, 0.2) is 5.78 Å². The van der Waals surface area contributed by atoms with Crippen LogP contribution in [0.25, 0.3) is 0 Å². The fourth-order valence-electron chi connectivity index (χ4n) is 4.11. The first-order valence-corrected chi connectivity index (χ1v) is 12.6. The lowest BCUT2D eigenvalue weighted by molar-refractivity contribution is -0.126. The van der Waals surface area contributed by atoms with Gasteiger partial charge in [0.05, 0.1) is 6.42 Å². The smallest absolute Gasteiger partial charge is 0.248 e. The minimum Gasteiger partial charge on any atom is -0.351 e. The maximum Gasteiger partial charge on any atom is 0.248 e. The maximum absolute atomic E-state index is 13.6. The summed E-state index contributed by atoms with van der Waals surface area (Å²) >= 11 is 2.99. The van der Waals surface area contributed by atoms with E-state index >= 15 is 0 Å². The molecule has 2 aromatic heterocycles. The fourth-order valence-corrected chi connectivity index (χ4v) is 5.62. The Morgan fingerprint density at radius 1 is 1.00 bits per heavy atom. The van der Waals surface area contributed by atoms with Crippen molar-refractivity contribution in [3.05, 3.63) is 74.6 Å². The number of rotatable bonds is 8. The molecule has 166 valence electrons. The van der Waals surface area contributed by atoms with Crippen LogP contribution in [-0.2, 0) is 16.0 Å². The van der Waals surface area contributed by atoms with Gasteiger partial charge in [0, 0.05) is 27.0 Å². The second kappa shape index (κ2) is 10.2. The molecule has 0 radical (unpaired) electrons. The summed E-state index contributed by atoms with van der Waals surface area (Å²) < 4.78 is 0. The molecule has 0 saturated heterocycles. The topological polar surface area (TPSA) is 66.5 Å². The Balaban J connectivity index is 1.72. The molecule has 1 aliphatic rings. The molecule has 5 nitrogen and oxygen atoms in total. The molecule has 2 heterocycles. The van der Waals surface area contributed by atoms with Crippen LogP contribution in [0, 0.1) is 0 Å². The third kappa shape index (κ3) is 5.16. The summed E-state index contributed by atoms with van der Waals surface area (Å²) in [7, 11) is 0. The van der Waals surface area contributed by atoms with E-state index in [0.29, 0.717) is 11.3 Å². The zero-order valence-electron chi connectivity index (χ0n) is 18.0. The molecule has 2 amide bonds. The number of Topliss-reactive ketones (excluding diaryl/α,β-unsaturated/α-hetero) is 1. The Morgan fingerprint density at radius 2 is 1.69 bits per heavy atom. The molecule has 0 unspecified atom stereocenters. The molecular formula is C25H26N2O3S2. The van der Waals surface area contributed by atoms with Gasteiger partial charge in [-0.15, -0.1) is 22.7 Å². The molecule has 4 rings (SSSR count). The van der Waals surface area contributed by atoms with Gasteiger partial charge in [-0.05, 0) is 66.9 Å². The Morgan fingerprint density at radius 3 is 2.28 bits per heavy atom. The Bertz CT molecular complexity index is 1050. The average Bonchev–Trinajstić information content (AvgIpc) is 3.55. The van der Waals surface area contributed by atoms with Crippen molar-refractivity contribution in [3.63, 3.8) is 0 Å². The number of carbonyl (C=O) groups excluding carboxylic acids is 3. The molecule has 1 saturated carbocycles. The average molecular weight is 467 g/mol. The third-order valence-corrected chi connectivity index (χ3v) is 7.55. The lowest BCUT2D eigenvalue weighted by Crippen LogP contribution is -2.46. The van der Waals surface area contributed by atoms with Gasteiger partial charge in [-0.2, -0.15) is 0 Å². The van der Waals surface area contributed by atoms with Gasteiger partial charge >= 0.3 is 0 Å². The first-order valence-electron chi connectivity index (χ1n) is 10.8. The van der Waals surface area contributed by atoms with Crippen LogP contribution in [0.15, 0.2) is 59.3 Å². The predicted molar refractivity (Wildman–Crippen MR) is 129 cm³/mol. The molecule has 32 heavy (non-hydrogen) atoms. The number of benzene rings is 1. The fraction of sp³-hybridized carbons (Fsp3) is 0.320. The number of carbonyl (C=O) groups is 3. The van der Waals surface area contributed by atoms with Crippen LogP contribution in [0.1, 0.15) is 58.8 Å². The van der Waals surface area contributed by atoms with Gasteiger partial charge in [-0.1, -0.05) is 25.0 Å². The van der Waals surface area contributed by atoms with Crippen molar-refractivity contribution in [1.82, 2.24) is 5.32 Å². The van der Waals surface area contributed by atoms with Crippen LogP contribution in [0.2, 0.25) is 0 Å². The van der Waals surface area contributed by atoms with Crippen LogP contribution in [0.4, 0.5) is 5.69 Å². The summed E-state index contributed by atoms with van der Waals surface area (Å²) in [5.74, 6) is -0.348. The van der Waals surface area contributed by atoms with Crippen molar-refractivity contribution in [3.8, 4) is 0 Å². The molecule has 7 heteroatoms. The predicted octanol–water partition coefficient (Wildman–Crippen LogP) is 5.39. The summed E-state index contributed by atoms with van der Waals surface area (Å²) in [6, 6.07) is 14.0. The van der Waals surface area contributed by atoms with Crippen molar-refractivity contribution in [2.24, 2.45) is 0 Å². The van der Waals surface area contributed by atoms with Gasteiger partial charge < -0.3 is 5.32 Å². The number of hydrogen-bond acceptors (Lipinski definition) is 5. The number of anilines is 1. The summed E-state index contributed by atoms with van der Waals surface area (Å²) in [6.07, 6.45) is 4.38. The highest BCUT2D eigenvalue weighted by molar-refractivity contribution is 7.10. The van der Waals surface area contributed by atoms with Crippen LogP contribution in [0.3, 0.4) is 0 Å². The van der Waals surface area contributed by atoms with E-state index in [1.165, 1.54) is 29.6 Å². The molecular weight excluding hydrogens is 440 g/mol. The van der Waals surface area contributed by atoms with E-state index in [9.17, 15) is 14.4 Å². The van der Waals surface area contributed by atoms with Crippen LogP contribution < -0.4 is 10.2 Å². The largest absolute Gasteiger partial charge is 0.351 e. The van der Waals surface area contributed by atoms with Crippen molar-refractivity contribution < 1.29 is 14.4 Å². The molecule has 1 fully saturated rings. The Hall–Kier alpha value is -2.77. The van der Waals surface area contributed by atoms with E-state index in [2.05, 4.69) is 5.32 Å². The van der Waals surface area contributed by atoms with E-state index in [1.807, 2.05) is 35.0 Å². The first-order chi connectivity index (χ1) is 15.5. The molecule has 3 aromatic rings. The van der Waals surface area contributed by atoms with Gasteiger partial charge in [-0.3, -0.25) is 19.3 Å². The zero-order chi connectivity index (χ0) is 22.5. The summed E-state index contributed by atoms with van der Waals surface area (Å²) in [5.41, 5.74) is 1.18. The van der Waals surface area contributed by atoms with Crippen molar-refractivity contribution in [2.45, 2.75) is 51.1 Å². The van der Waals surface area contributed by atoms with E-state index in [4.69, 9.17) is 0 Å². The highest BCUT2D eigenvalue weighted by Crippen LogP contribution is 2.32. The van der Waals surface area contributed by atoms with E-state index in [1.54, 1.807) is 29.2 Å². The van der Waals surface area contributed by atoms with Crippen LogP contribution in [-0.4, -0.2) is 23.6 Å². The minimum absolute atomic E-state index is 0.0400. The first kappa shape index (κ1) is 22.4. The maximum atomic E-state index is 13.6. The van der Waals surface area contributed by atoms with E-state index in [0.717, 1.165) is 35.4 Å². The lowest BCUT2D eigenvalue weighted by Gasteiger charge is -2.31. The van der Waals surface area contributed by atoms with Crippen LogP contribution >= 0.6 is 22.7 Å². The second-order valence-corrected chi connectivity index (χ2v) is 10.0. The summed E-state index contributed by atoms with van der Waals surface area (Å²) in [5, 5.41) is 7.05. The van der Waals surface area contributed by atoms with Gasteiger partial charge in [0.1, 0.15) is 6.04 Å². The number of thiophene rings is 2. The highest BCUT2D eigenvalue weighted by Gasteiger charge is 2.35. The molecule has 0 aliphatic heterocycles. The van der Waals surface area contributed by atoms with Crippen molar-refractivity contribution in [2.75, 3.05) is 4.90 Å². The molecule has 1 atom stereocenters. The highest BCUT2D eigenvalue weighted by atomic mass is 32.1. The third-order valence-electron chi connectivity index (χ3n) is 5.75. The van der Waals surface area contributed by atoms with Crippen molar-refractivity contribution in [1.29, 1.82) is 0 Å². The number of ketones is 1. The second-order valence-electron chi connectivity index (χ2n) is 8.03. The van der Waals surface area contributed by atoms with Gasteiger partial charge in [0.2, 0.25) is 11.8 Å². The number of hydrogen-bond donors (Lipinski definition) is 1. The van der Waals surface area contributed by atoms with Crippen LogP contribution in [0.5, 0.6) is 0 Å². The number of amides is 2. The molecule has 0 bridgehead atoms. The van der Waals surface area contributed by atoms with Gasteiger partial charge in [-0.25, -0.2) is 0 Å². The quantitative estimate of drug-likeness (QED) is 0.453. The minimum atomic E-state index is -0.758. The summed E-state index contributed by atoms with van der Waals surface area (Å²) in [6.45, 7) is 1.51. The monoisotopic (exact) mass is 466 g/mol. The van der Waals surface area contributed by atoms with Crippen molar-refractivity contribution >= 4 is 46.0 Å². The number of nitrogens with one attached hydrogen (secondary N) is 1. The molecule has 0 spiro atoms. The zero-order valence-corrected chi connectivity index (χ0v) is 19.6. The Labute approximate surface area is 196 Å².